The summed E-state index contributed by atoms with van der Waals surface area (Å²) in [5.41, 5.74) is -0.778. The maximum Gasteiger partial charge on any atom is 0.113 e. The number of alkyl halides is 1. The first kappa shape index (κ1) is 5.70. The molecule has 2 fully saturated rings. The van der Waals surface area contributed by atoms with Crippen LogP contribution < -0.4 is 0 Å². The highest BCUT2D eigenvalue weighted by molar-refractivity contribution is 5.01. The third-order valence-corrected chi connectivity index (χ3v) is 3.32. The standard InChI is InChI=1S/C8H13F/c1-8(9)6-2-3-7(8)5-4-6/h6-7H,2-5H2,1H3. The van der Waals surface area contributed by atoms with Gasteiger partial charge in [0.1, 0.15) is 5.67 Å². The Morgan fingerprint density at radius 1 is 1.11 bits per heavy atom. The average molecular weight is 128 g/mol. The zero-order valence-corrected chi connectivity index (χ0v) is 5.86. The normalized spacial score (nSPS) is 56.7. The first-order valence-electron chi connectivity index (χ1n) is 3.90. The molecule has 0 aromatic rings. The van der Waals surface area contributed by atoms with E-state index in [4.69, 9.17) is 0 Å². The molecule has 52 valence electrons. The van der Waals surface area contributed by atoms with Gasteiger partial charge in [-0.2, -0.15) is 0 Å². The fraction of sp³-hybridized carbons (Fsp3) is 1.00. The molecule has 2 bridgehead atoms. The fourth-order valence-electron chi connectivity index (χ4n) is 2.56. The summed E-state index contributed by atoms with van der Waals surface area (Å²) in [6.45, 7) is 1.79. The summed E-state index contributed by atoms with van der Waals surface area (Å²) in [7, 11) is 0. The Morgan fingerprint density at radius 2 is 1.44 bits per heavy atom. The van der Waals surface area contributed by atoms with E-state index in [1.54, 1.807) is 6.92 Å². The summed E-state index contributed by atoms with van der Waals surface area (Å²) in [6, 6.07) is 0. The molecule has 0 spiro atoms. The molecular formula is C8H13F. The Bertz CT molecular complexity index is 107. The zero-order chi connectivity index (χ0) is 6.48. The minimum Gasteiger partial charge on any atom is -0.244 e. The van der Waals surface area contributed by atoms with E-state index in [-0.39, 0.29) is 0 Å². The molecule has 1 heteroatoms. The highest BCUT2D eigenvalue weighted by Gasteiger charge is 2.51. The van der Waals surface area contributed by atoms with Gasteiger partial charge in [-0.05, 0) is 44.4 Å². The maximum absolute atomic E-state index is 13.5. The second-order valence-electron chi connectivity index (χ2n) is 3.70. The van der Waals surface area contributed by atoms with Crippen molar-refractivity contribution in [3.63, 3.8) is 0 Å². The number of fused-ring (bicyclic) bond motifs is 2. The second kappa shape index (κ2) is 1.50. The lowest BCUT2D eigenvalue weighted by molar-refractivity contribution is 0.127. The van der Waals surface area contributed by atoms with Gasteiger partial charge in [0.15, 0.2) is 0 Å². The molecule has 0 nitrogen and oxygen atoms in total. The van der Waals surface area contributed by atoms with E-state index in [2.05, 4.69) is 0 Å². The van der Waals surface area contributed by atoms with Crippen LogP contribution in [0.4, 0.5) is 4.39 Å². The van der Waals surface area contributed by atoms with Crippen LogP contribution in [-0.4, -0.2) is 5.67 Å². The summed E-state index contributed by atoms with van der Waals surface area (Å²) in [6.07, 6.45) is 4.60. The summed E-state index contributed by atoms with van der Waals surface area (Å²) in [5, 5.41) is 0. The van der Waals surface area contributed by atoms with E-state index in [0.29, 0.717) is 11.8 Å². The summed E-state index contributed by atoms with van der Waals surface area (Å²) < 4.78 is 13.5. The molecular weight excluding hydrogens is 115 g/mol. The van der Waals surface area contributed by atoms with Crippen LogP contribution >= 0.6 is 0 Å². The van der Waals surface area contributed by atoms with Crippen molar-refractivity contribution in [2.24, 2.45) is 11.8 Å². The number of halogens is 1. The molecule has 0 saturated heterocycles. The van der Waals surface area contributed by atoms with E-state index < -0.39 is 5.67 Å². The third-order valence-electron chi connectivity index (χ3n) is 3.32. The van der Waals surface area contributed by atoms with Gasteiger partial charge in [0, 0.05) is 0 Å². The van der Waals surface area contributed by atoms with Crippen LogP contribution in [0.15, 0.2) is 0 Å². The van der Waals surface area contributed by atoms with Gasteiger partial charge in [0.2, 0.25) is 0 Å². The molecule has 0 aromatic heterocycles. The largest absolute Gasteiger partial charge is 0.244 e. The maximum atomic E-state index is 13.5. The highest BCUT2D eigenvalue weighted by atomic mass is 19.1. The molecule has 0 amide bonds. The third kappa shape index (κ3) is 0.580. The minimum atomic E-state index is -0.778. The topological polar surface area (TPSA) is 0 Å². The minimum absolute atomic E-state index is 0.419. The first-order valence-corrected chi connectivity index (χ1v) is 3.90. The van der Waals surface area contributed by atoms with Gasteiger partial charge in [-0.1, -0.05) is 0 Å². The summed E-state index contributed by atoms with van der Waals surface area (Å²) in [4.78, 5) is 0. The molecule has 0 aliphatic heterocycles. The zero-order valence-electron chi connectivity index (χ0n) is 5.86. The van der Waals surface area contributed by atoms with Gasteiger partial charge in [-0.25, -0.2) is 4.39 Å². The van der Waals surface area contributed by atoms with E-state index in [1.807, 2.05) is 0 Å². The monoisotopic (exact) mass is 128 g/mol. The van der Waals surface area contributed by atoms with Crippen molar-refractivity contribution >= 4 is 0 Å². The molecule has 9 heavy (non-hydrogen) atoms. The SMILES string of the molecule is CC1(F)C2CCC1CC2. The Balaban J connectivity index is 2.26. The van der Waals surface area contributed by atoms with Crippen LogP contribution in [0.5, 0.6) is 0 Å². The Labute approximate surface area is 55.4 Å². The van der Waals surface area contributed by atoms with E-state index in [1.165, 1.54) is 0 Å². The lowest BCUT2D eigenvalue weighted by Crippen LogP contribution is -2.23. The number of rotatable bonds is 0. The van der Waals surface area contributed by atoms with Gasteiger partial charge in [0.25, 0.3) is 0 Å². The van der Waals surface area contributed by atoms with Gasteiger partial charge in [-0.15, -0.1) is 0 Å². The van der Waals surface area contributed by atoms with E-state index >= 15 is 0 Å². The van der Waals surface area contributed by atoms with Crippen LogP contribution in [0.25, 0.3) is 0 Å². The molecule has 0 heterocycles. The fourth-order valence-corrected chi connectivity index (χ4v) is 2.56. The molecule has 2 aliphatic carbocycles. The van der Waals surface area contributed by atoms with Crippen molar-refractivity contribution in [3.05, 3.63) is 0 Å². The molecule has 0 radical (unpaired) electrons. The van der Waals surface area contributed by atoms with Crippen molar-refractivity contribution in [1.82, 2.24) is 0 Å². The summed E-state index contributed by atoms with van der Waals surface area (Å²) >= 11 is 0. The van der Waals surface area contributed by atoms with Crippen molar-refractivity contribution in [3.8, 4) is 0 Å². The smallest absolute Gasteiger partial charge is 0.113 e. The Morgan fingerprint density at radius 3 is 1.56 bits per heavy atom. The predicted molar refractivity (Wildman–Crippen MR) is 35.0 cm³/mol. The molecule has 0 unspecified atom stereocenters. The Hall–Kier alpha value is -0.0700. The molecule has 0 N–H and O–H groups in total. The van der Waals surface area contributed by atoms with E-state index in [0.717, 1.165) is 25.7 Å². The van der Waals surface area contributed by atoms with Gasteiger partial charge < -0.3 is 0 Å². The van der Waals surface area contributed by atoms with Crippen LogP contribution in [-0.2, 0) is 0 Å². The quantitative estimate of drug-likeness (QED) is 0.470. The van der Waals surface area contributed by atoms with Crippen LogP contribution in [0.1, 0.15) is 32.6 Å². The predicted octanol–water partition coefficient (Wildman–Crippen LogP) is 2.53. The van der Waals surface area contributed by atoms with Crippen molar-refractivity contribution in [2.75, 3.05) is 0 Å². The number of hydrogen-bond acceptors (Lipinski definition) is 0. The van der Waals surface area contributed by atoms with E-state index in [9.17, 15) is 4.39 Å². The van der Waals surface area contributed by atoms with Gasteiger partial charge in [0.05, 0.1) is 0 Å². The second-order valence-corrected chi connectivity index (χ2v) is 3.70. The van der Waals surface area contributed by atoms with Crippen LogP contribution in [0.2, 0.25) is 0 Å². The molecule has 2 rings (SSSR count). The summed E-state index contributed by atoms with van der Waals surface area (Å²) in [5.74, 6) is 0.838. The average Bonchev–Trinajstić information content (AvgIpc) is 2.24. The van der Waals surface area contributed by atoms with Crippen molar-refractivity contribution in [1.29, 1.82) is 0 Å². The first-order chi connectivity index (χ1) is 4.21. The van der Waals surface area contributed by atoms with Gasteiger partial charge >= 0.3 is 0 Å². The Kier molecular flexibility index (Phi) is 0.950. The molecule has 0 atom stereocenters. The molecule has 2 saturated carbocycles. The highest BCUT2D eigenvalue weighted by Crippen LogP contribution is 2.53. The van der Waals surface area contributed by atoms with Crippen LogP contribution in [0, 0.1) is 11.8 Å². The van der Waals surface area contributed by atoms with Gasteiger partial charge in [-0.3, -0.25) is 0 Å². The lowest BCUT2D eigenvalue weighted by atomic mass is 9.97. The number of hydrogen-bond donors (Lipinski definition) is 0. The van der Waals surface area contributed by atoms with Crippen molar-refractivity contribution < 1.29 is 4.39 Å². The van der Waals surface area contributed by atoms with Crippen molar-refractivity contribution in [2.45, 2.75) is 38.3 Å². The van der Waals surface area contributed by atoms with Crippen LogP contribution in [0.3, 0.4) is 0 Å². The molecule has 0 aromatic carbocycles. The lowest BCUT2D eigenvalue weighted by Gasteiger charge is -2.18. The molecule has 2 aliphatic rings.